The van der Waals surface area contributed by atoms with E-state index in [0.717, 1.165) is 0 Å². The van der Waals surface area contributed by atoms with Crippen LogP contribution in [0.5, 0.6) is 0 Å². The first-order valence-electron chi connectivity index (χ1n) is 4.13. The Morgan fingerprint density at radius 1 is 1.60 bits per heavy atom. The van der Waals surface area contributed by atoms with Crippen LogP contribution in [0.4, 0.5) is 0 Å². The molecule has 0 aliphatic carbocycles. The third kappa shape index (κ3) is 2.83. The number of ether oxygens (including phenoxy) is 1. The van der Waals surface area contributed by atoms with Crippen molar-refractivity contribution in [3.8, 4) is 6.07 Å². The van der Waals surface area contributed by atoms with Gasteiger partial charge in [-0.05, 0) is 23.8 Å². The average Bonchev–Trinajstić information content (AvgIpc) is 2.26. The maximum atomic E-state index is 11.4. The third-order valence-electron chi connectivity index (χ3n) is 1.76. The second-order valence-electron chi connectivity index (χ2n) is 2.69. The monoisotopic (exact) mass is 221 g/mol. The van der Waals surface area contributed by atoms with E-state index in [1.807, 2.05) is 6.07 Å². The minimum absolute atomic E-state index is 0.344. The molecule has 15 heavy (non-hydrogen) atoms. The van der Waals surface area contributed by atoms with Crippen LogP contribution in [-0.2, 0) is 4.74 Å². The highest BCUT2D eigenvalue weighted by Gasteiger charge is 2.10. The Morgan fingerprint density at radius 2 is 2.33 bits per heavy atom. The number of hydrogen-bond donors (Lipinski definition) is 0. The fourth-order valence-corrected chi connectivity index (χ4v) is 1.26. The molecule has 0 bridgehead atoms. The van der Waals surface area contributed by atoms with Crippen molar-refractivity contribution in [3.63, 3.8) is 0 Å². The Hall–Kier alpha value is -1.79. The summed E-state index contributed by atoms with van der Waals surface area (Å²) < 4.78 is 4.60. The first kappa shape index (κ1) is 11.3. The third-order valence-corrected chi connectivity index (χ3v) is 1.99. The summed E-state index contributed by atoms with van der Waals surface area (Å²) in [7, 11) is 1.29. The molecule has 76 valence electrons. The minimum Gasteiger partial charge on any atom is -0.465 e. The molecule has 1 aromatic rings. The predicted molar refractivity (Wildman–Crippen MR) is 57.4 cm³/mol. The summed E-state index contributed by atoms with van der Waals surface area (Å²) in [5.74, 6) is -0.477. The Labute approximate surface area is 92.5 Å². The van der Waals surface area contributed by atoms with Crippen LogP contribution in [-0.4, -0.2) is 13.1 Å². The summed E-state index contributed by atoms with van der Waals surface area (Å²) in [5, 5.41) is 8.84. The van der Waals surface area contributed by atoms with Gasteiger partial charge in [-0.15, -0.1) is 0 Å². The number of allylic oxidation sites excluding steroid dienone is 1. The van der Waals surface area contributed by atoms with E-state index in [1.54, 1.807) is 12.1 Å². The fourth-order valence-electron chi connectivity index (χ4n) is 1.09. The van der Waals surface area contributed by atoms with Crippen LogP contribution in [0, 0.1) is 11.3 Å². The quantitative estimate of drug-likeness (QED) is 0.570. The number of nitriles is 1. The highest BCUT2D eigenvalue weighted by Crippen LogP contribution is 2.18. The summed E-state index contributed by atoms with van der Waals surface area (Å²) in [6, 6.07) is 6.65. The topological polar surface area (TPSA) is 50.1 Å². The van der Waals surface area contributed by atoms with Gasteiger partial charge in [0.2, 0.25) is 0 Å². The van der Waals surface area contributed by atoms with Crippen molar-refractivity contribution in [2.45, 2.75) is 0 Å². The van der Waals surface area contributed by atoms with Crippen LogP contribution in [0.25, 0.3) is 6.08 Å². The van der Waals surface area contributed by atoms with Gasteiger partial charge < -0.3 is 4.74 Å². The molecule has 4 heteroatoms. The van der Waals surface area contributed by atoms with Gasteiger partial charge in [-0.1, -0.05) is 17.7 Å². The molecule has 0 radical (unpaired) electrons. The van der Waals surface area contributed by atoms with Gasteiger partial charge in [-0.25, -0.2) is 4.79 Å². The summed E-state index contributed by atoms with van der Waals surface area (Å²) in [6.45, 7) is 0. The number of carbonyl (C=O) groups is 1. The summed E-state index contributed by atoms with van der Waals surface area (Å²) in [5.41, 5.74) is 0.948. The van der Waals surface area contributed by atoms with Gasteiger partial charge in [-0.2, -0.15) is 5.26 Å². The van der Waals surface area contributed by atoms with Crippen molar-refractivity contribution in [2.75, 3.05) is 7.11 Å². The van der Waals surface area contributed by atoms with Crippen molar-refractivity contribution in [1.29, 1.82) is 5.26 Å². The Balaban J connectivity index is 3.21. The number of hydrogen-bond acceptors (Lipinski definition) is 3. The highest BCUT2D eigenvalue weighted by molar-refractivity contribution is 6.31. The van der Waals surface area contributed by atoms with E-state index >= 15 is 0 Å². The lowest BCUT2D eigenvalue weighted by Crippen LogP contribution is -2.03. The lowest BCUT2D eigenvalue weighted by molar-refractivity contribution is 0.0600. The van der Waals surface area contributed by atoms with E-state index in [2.05, 4.69) is 4.74 Å². The van der Waals surface area contributed by atoms with Crippen molar-refractivity contribution in [2.24, 2.45) is 0 Å². The number of carbonyl (C=O) groups excluding carboxylic acids is 1. The number of esters is 1. The molecule has 0 saturated carbocycles. The smallest absolute Gasteiger partial charge is 0.338 e. The van der Waals surface area contributed by atoms with E-state index in [0.29, 0.717) is 16.1 Å². The van der Waals surface area contributed by atoms with Crippen LogP contribution in [0.1, 0.15) is 15.9 Å². The zero-order chi connectivity index (χ0) is 11.3. The first-order chi connectivity index (χ1) is 7.19. The maximum absolute atomic E-state index is 11.4. The van der Waals surface area contributed by atoms with Crippen molar-refractivity contribution < 1.29 is 9.53 Å². The molecule has 0 heterocycles. The second-order valence-corrected chi connectivity index (χ2v) is 3.12. The van der Waals surface area contributed by atoms with Gasteiger partial charge in [0.1, 0.15) is 0 Å². The van der Waals surface area contributed by atoms with Crippen LogP contribution in [0.2, 0.25) is 5.02 Å². The molecule has 1 rings (SSSR count). The molecule has 0 N–H and O–H groups in total. The first-order valence-corrected chi connectivity index (χ1v) is 4.51. The van der Waals surface area contributed by atoms with E-state index in [-0.39, 0.29) is 0 Å². The molecule has 0 fully saturated rings. The van der Waals surface area contributed by atoms with E-state index in [9.17, 15) is 4.79 Å². The second kappa shape index (κ2) is 5.18. The zero-order valence-electron chi connectivity index (χ0n) is 8.03. The van der Waals surface area contributed by atoms with Crippen molar-refractivity contribution >= 4 is 23.6 Å². The van der Waals surface area contributed by atoms with Crippen molar-refractivity contribution in [3.05, 3.63) is 40.4 Å². The molecule has 0 saturated heterocycles. The summed E-state index contributed by atoms with van der Waals surface area (Å²) >= 11 is 5.76. The predicted octanol–water partition coefficient (Wildman–Crippen LogP) is 2.66. The number of rotatable bonds is 2. The molecule has 0 atom stereocenters. The molecule has 0 aliphatic heterocycles. The molecule has 0 aliphatic rings. The molecule has 0 aromatic heterocycles. The lowest BCUT2D eigenvalue weighted by atomic mass is 10.1. The van der Waals surface area contributed by atoms with Crippen LogP contribution in [0.15, 0.2) is 24.3 Å². The van der Waals surface area contributed by atoms with E-state index in [1.165, 1.54) is 25.3 Å². The van der Waals surface area contributed by atoms with Gasteiger partial charge in [0.05, 0.1) is 18.7 Å². The Morgan fingerprint density at radius 3 is 2.93 bits per heavy atom. The molecule has 1 aromatic carbocycles. The molecule has 0 unspecified atom stereocenters. The summed E-state index contributed by atoms with van der Waals surface area (Å²) in [4.78, 5) is 11.4. The van der Waals surface area contributed by atoms with Crippen LogP contribution in [0.3, 0.4) is 0 Å². The SMILES string of the molecule is COC(=O)c1cc(Cl)ccc1C=CC#N. The Bertz CT molecular complexity index is 446. The fraction of sp³-hybridized carbons (Fsp3) is 0.0909. The van der Waals surface area contributed by atoms with Crippen LogP contribution >= 0.6 is 11.6 Å². The molecule has 3 nitrogen and oxygen atoms in total. The summed E-state index contributed by atoms with van der Waals surface area (Å²) in [6.07, 6.45) is 2.82. The lowest BCUT2D eigenvalue weighted by Gasteiger charge is -2.03. The molecular weight excluding hydrogens is 214 g/mol. The van der Waals surface area contributed by atoms with E-state index in [4.69, 9.17) is 16.9 Å². The van der Waals surface area contributed by atoms with Gasteiger partial charge in [-0.3, -0.25) is 0 Å². The highest BCUT2D eigenvalue weighted by atomic mass is 35.5. The molecule has 0 spiro atoms. The maximum Gasteiger partial charge on any atom is 0.338 e. The molecule has 0 amide bonds. The average molecular weight is 222 g/mol. The van der Waals surface area contributed by atoms with Gasteiger partial charge in [0.25, 0.3) is 0 Å². The Kier molecular flexibility index (Phi) is 3.90. The number of benzene rings is 1. The molecular formula is C11H8ClNO2. The van der Waals surface area contributed by atoms with Crippen LogP contribution < -0.4 is 0 Å². The number of nitrogens with zero attached hydrogens (tertiary/aromatic N) is 1. The number of halogens is 1. The van der Waals surface area contributed by atoms with Gasteiger partial charge in [0, 0.05) is 11.1 Å². The standard InChI is InChI=1S/C11H8ClNO2/c1-15-11(14)10-7-9(12)5-4-8(10)3-2-6-13/h2-5,7H,1H3. The normalized spacial score (nSPS) is 9.93. The van der Waals surface area contributed by atoms with E-state index < -0.39 is 5.97 Å². The van der Waals surface area contributed by atoms with Gasteiger partial charge in [0.15, 0.2) is 0 Å². The minimum atomic E-state index is -0.477. The largest absolute Gasteiger partial charge is 0.465 e. The number of methoxy groups -OCH3 is 1. The zero-order valence-corrected chi connectivity index (χ0v) is 8.78. The van der Waals surface area contributed by atoms with Crippen molar-refractivity contribution in [1.82, 2.24) is 0 Å². The van der Waals surface area contributed by atoms with Gasteiger partial charge >= 0.3 is 5.97 Å².